The van der Waals surface area contributed by atoms with Crippen LogP contribution < -0.4 is 10.0 Å². The molecule has 1 aromatic carbocycles. The van der Waals surface area contributed by atoms with Gasteiger partial charge in [0.2, 0.25) is 15.9 Å². The largest absolute Gasteiger partial charge is 0.383 e. The number of amides is 2. The fourth-order valence-corrected chi connectivity index (χ4v) is 5.06. The van der Waals surface area contributed by atoms with Crippen LogP contribution in [0.25, 0.3) is 0 Å². The number of benzene rings is 1. The highest BCUT2D eigenvalue weighted by Crippen LogP contribution is 2.21. The van der Waals surface area contributed by atoms with Gasteiger partial charge in [-0.3, -0.25) is 9.59 Å². The Morgan fingerprint density at radius 1 is 1.15 bits per heavy atom. The monoisotopic (exact) mass is 482 g/mol. The molecule has 1 aliphatic heterocycles. The minimum Gasteiger partial charge on any atom is -0.383 e. The van der Waals surface area contributed by atoms with Crippen LogP contribution in [0.2, 0.25) is 0 Å². The summed E-state index contributed by atoms with van der Waals surface area (Å²) in [6.45, 7) is 7.18. The van der Waals surface area contributed by atoms with Crippen molar-refractivity contribution in [3.05, 3.63) is 29.8 Å². The molecule has 10 heteroatoms. The predicted octanol–water partition coefficient (Wildman–Crippen LogP) is 1.17. The molecule has 1 aromatic rings. The highest BCUT2D eigenvalue weighted by Gasteiger charge is 2.29. The number of methoxy groups -OCH3 is 1. The summed E-state index contributed by atoms with van der Waals surface area (Å²) in [6, 6.07) is 5.91. The van der Waals surface area contributed by atoms with Crippen molar-refractivity contribution in [2.24, 2.45) is 11.3 Å². The van der Waals surface area contributed by atoms with Crippen LogP contribution in [0.5, 0.6) is 0 Å². The number of rotatable bonds is 11. The normalized spacial score (nSPS) is 15.6. The Morgan fingerprint density at radius 3 is 2.30 bits per heavy atom. The van der Waals surface area contributed by atoms with Crippen molar-refractivity contribution >= 4 is 21.8 Å². The van der Waals surface area contributed by atoms with E-state index in [-0.39, 0.29) is 41.2 Å². The predicted molar refractivity (Wildman–Crippen MR) is 127 cm³/mol. The van der Waals surface area contributed by atoms with E-state index < -0.39 is 10.0 Å². The quantitative estimate of drug-likeness (QED) is 0.459. The molecule has 1 aliphatic rings. The molecular formula is C23H38N4O5S. The molecule has 2 rings (SSSR count). The first kappa shape index (κ1) is 27.2. The summed E-state index contributed by atoms with van der Waals surface area (Å²) in [5, 5.41) is 3.07. The van der Waals surface area contributed by atoms with Crippen molar-refractivity contribution in [1.82, 2.24) is 19.8 Å². The molecular weight excluding hydrogens is 444 g/mol. The molecule has 0 bridgehead atoms. The van der Waals surface area contributed by atoms with Crippen molar-refractivity contribution in [1.29, 1.82) is 0 Å². The number of nitrogens with one attached hydrogen (secondary N) is 2. The number of hydrogen-bond donors (Lipinski definition) is 2. The average molecular weight is 483 g/mol. The number of carbonyl (C=O) groups excluding carboxylic acids is 2. The zero-order valence-electron chi connectivity index (χ0n) is 20.4. The standard InChI is InChI=1S/C23H38N4O5S/c1-23(2,17-26(3)4)16-24-21(28)18-10-13-27(14-11-18)22(29)19-6-8-20(9-7-19)33(30,31)25-12-15-32-5/h6-9,18,25H,10-17H2,1-5H3,(H,24,28). The zero-order valence-corrected chi connectivity index (χ0v) is 21.2. The number of carbonyl (C=O) groups is 2. The summed E-state index contributed by atoms with van der Waals surface area (Å²) in [6.07, 6.45) is 1.23. The number of ether oxygens (including phenoxy) is 1. The second kappa shape index (κ2) is 11.9. The van der Waals surface area contributed by atoms with Gasteiger partial charge in [0.25, 0.3) is 5.91 Å². The van der Waals surface area contributed by atoms with E-state index >= 15 is 0 Å². The second-order valence-corrected chi connectivity index (χ2v) is 11.4. The van der Waals surface area contributed by atoms with Crippen LogP contribution in [-0.2, 0) is 19.6 Å². The number of nitrogens with zero attached hydrogens (tertiary/aromatic N) is 2. The Labute approximate surface area is 197 Å². The molecule has 1 fully saturated rings. The van der Waals surface area contributed by atoms with Crippen molar-refractivity contribution in [3.8, 4) is 0 Å². The van der Waals surface area contributed by atoms with Crippen molar-refractivity contribution in [2.75, 3.05) is 60.5 Å². The number of likely N-dealkylation sites (tertiary alicyclic amines) is 1. The van der Waals surface area contributed by atoms with Crippen LogP contribution in [0.4, 0.5) is 0 Å². The number of sulfonamides is 1. The average Bonchev–Trinajstić information content (AvgIpc) is 2.76. The highest BCUT2D eigenvalue weighted by atomic mass is 32.2. The first-order valence-corrected chi connectivity index (χ1v) is 12.7. The van der Waals surface area contributed by atoms with Crippen LogP contribution in [0, 0.1) is 11.3 Å². The molecule has 2 N–H and O–H groups in total. The first-order valence-electron chi connectivity index (χ1n) is 11.3. The minimum atomic E-state index is -3.64. The molecule has 2 amide bonds. The van der Waals surface area contributed by atoms with Crippen molar-refractivity contribution in [2.45, 2.75) is 31.6 Å². The summed E-state index contributed by atoms with van der Waals surface area (Å²) >= 11 is 0. The summed E-state index contributed by atoms with van der Waals surface area (Å²) in [5.74, 6) is -0.211. The van der Waals surface area contributed by atoms with Crippen molar-refractivity contribution in [3.63, 3.8) is 0 Å². The van der Waals surface area contributed by atoms with Crippen LogP contribution in [0.1, 0.15) is 37.0 Å². The van der Waals surface area contributed by atoms with E-state index in [1.807, 2.05) is 14.1 Å². The summed E-state index contributed by atoms with van der Waals surface area (Å²) in [7, 11) is 1.89. The van der Waals surface area contributed by atoms with E-state index in [0.717, 1.165) is 6.54 Å². The van der Waals surface area contributed by atoms with Gasteiger partial charge in [0.1, 0.15) is 0 Å². The molecule has 0 unspecified atom stereocenters. The van der Waals surface area contributed by atoms with E-state index in [1.54, 1.807) is 4.90 Å². The van der Waals surface area contributed by atoms with Gasteiger partial charge in [-0.1, -0.05) is 13.8 Å². The van der Waals surface area contributed by atoms with Gasteiger partial charge >= 0.3 is 0 Å². The summed E-state index contributed by atoms with van der Waals surface area (Å²) < 4.78 is 31.8. The second-order valence-electron chi connectivity index (χ2n) is 9.60. The van der Waals surface area contributed by atoms with E-state index in [2.05, 4.69) is 28.8 Å². The van der Waals surface area contributed by atoms with E-state index in [9.17, 15) is 18.0 Å². The summed E-state index contributed by atoms with van der Waals surface area (Å²) in [4.78, 5) is 29.4. The maximum atomic E-state index is 12.8. The molecule has 0 aliphatic carbocycles. The third-order valence-corrected chi connectivity index (χ3v) is 7.13. The molecule has 186 valence electrons. The Balaban J connectivity index is 1.87. The van der Waals surface area contributed by atoms with Crippen LogP contribution in [0.15, 0.2) is 29.2 Å². The minimum absolute atomic E-state index is 0.0191. The fraction of sp³-hybridized carbons (Fsp3) is 0.652. The smallest absolute Gasteiger partial charge is 0.253 e. The molecule has 0 atom stereocenters. The lowest BCUT2D eigenvalue weighted by molar-refractivity contribution is -0.126. The number of piperidine rings is 1. The maximum absolute atomic E-state index is 12.8. The molecule has 9 nitrogen and oxygen atoms in total. The zero-order chi connectivity index (χ0) is 24.6. The SMILES string of the molecule is COCCNS(=O)(=O)c1ccc(C(=O)N2CCC(C(=O)NCC(C)(C)CN(C)C)CC2)cc1. The van der Waals surface area contributed by atoms with Gasteiger partial charge < -0.3 is 19.9 Å². The van der Waals surface area contributed by atoms with E-state index in [1.165, 1.54) is 31.4 Å². The van der Waals surface area contributed by atoms with Gasteiger partial charge in [0, 0.05) is 51.3 Å². The Kier molecular flexibility index (Phi) is 9.84. The fourth-order valence-electron chi connectivity index (χ4n) is 4.05. The van der Waals surface area contributed by atoms with Gasteiger partial charge in [-0.2, -0.15) is 0 Å². The third-order valence-electron chi connectivity index (χ3n) is 5.65. The third kappa shape index (κ3) is 8.37. The topological polar surface area (TPSA) is 108 Å². The Bertz CT molecular complexity index is 892. The Hall–Kier alpha value is -2.01. The Morgan fingerprint density at radius 2 is 1.76 bits per heavy atom. The number of hydrogen-bond acceptors (Lipinski definition) is 6. The van der Waals surface area contributed by atoms with Gasteiger partial charge in [0.15, 0.2) is 0 Å². The molecule has 0 aromatic heterocycles. The first-order chi connectivity index (χ1) is 15.4. The van der Waals surface area contributed by atoms with Crippen molar-refractivity contribution < 1.29 is 22.7 Å². The molecule has 1 heterocycles. The molecule has 0 saturated carbocycles. The van der Waals surface area contributed by atoms with E-state index in [0.29, 0.717) is 38.0 Å². The lowest BCUT2D eigenvalue weighted by atomic mass is 9.91. The highest BCUT2D eigenvalue weighted by molar-refractivity contribution is 7.89. The molecule has 0 radical (unpaired) electrons. The van der Waals surface area contributed by atoms with Crippen LogP contribution in [-0.4, -0.2) is 90.6 Å². The molecule has 0 spiro atoms. The van der Waals surface area contributed by atoms with Gasteiger partial charge in [-0.25, -0.2) is 13.1 Å². The lowest BCUT2D eigenvalue weighted by Crippen LogP contribution is -2.46. The van der Waals surface area contributed by atoms with Gasteiger partial charge in [-0.15, -0.1) is 0 Å². The van der Waals surface area contributed by atoms with Gasteiger partial charge in [-0.05, 0) is 56.6 Å². The summed E-state index contributed by atoms with van der Waals surface area (Å²) in [5.41, 5.74) is 0.411. The van der Waals surface area contributed by atoms with E-state index in [4.69, 9.17) is 4.74 Å². The van der Waals surface area contributed by atoms with Crippen LogP contribution in [0.3, 0.4) is 0 Å². The molecule has 33 heavy (non-hydrogen) atoms. The lowest BCUT2D eigenvalue weighted by Gasteiger charge is -2.33. The molecule has 1 saturated heterocycles. The van der Waals surface area contributed by atoms with Gasteiger partial charge in [0.05, 0.1) is 11.5 Å². The van der Waals surface area contributed by atoms with Crippen LogP contribution >= 0.6 is 0 Å². The maximum Gasteiger partial charge on any atom is 0.253 e.